The van der Waals surface area contributed by atoms with Crippen LogP contribution >= 0.6 is 0 Å². The third-order valence-corrected chi connectivity index (χ3v) is 1.91. The molecule has 1 aliphatic rings. The van der Waals surface area contributed by atoms with Gasteiger partial charge in [-0.2, -0.15) is 5.26 Å². The Morgan fingerprint density at radius 3 is 3.00 bits per heavy atom. The van der Waals surface area contributed by atoms with E-state index in [9.17, 15) is 14.7 Å². The molecule has 2 atom stereocenters. The van der Waals surface area contributed by atoms with Gasteiger partial charge in [0.05, 0.1) is 12.5 Å². The minimum Gasteiger partial charge on any atom is -0.457 e. The molecule has 1 saturated heterocycles. The molecule has 0 unspecified atom stereocenters. The molecule has 1 heterocycles. The average Bonchev–Trinajstić information content (AvgIpc) is 2.32. The maximum atomic E-state index is 11.2. The lowest BCUT2D eigenvalue weighted by molar-refractivity contribution is -0.154. The van der Waals surface area contributed by atoms with Crippen LogP contribution in [-0.2, 0) is 14.3 Å². The molecule has 6 nitrogen and oxygen atoms in total. The molecule has 0 aromatic carbocycles. The Hall–Kier alpha value is -1.61. The summed E-state index contributed by atoms with van der Waals surface area (Å²) in [5.41, 5.74) is 0. The Bertz CT molecular complexity index is 296. The van der Waals surface area contributed by atoms with Gasteiger partial charge in [-0.1, -0.05) is 0 Å². The van der Waals surface area contributed by atoms with Crippen molar-refractivity contribution in [2.24, 2.45) is 0 Å². The second-order valence-corrected chi connectivity index (χ2v) is 2.95. The van der Waals surface area contributed by atoms with E-state index in [1.807, 2.05) is 0 Å². The third kappa shape index (κ3) is 2.00. The largest absolute Gasteiger partial charge is 0.457 e. The second-order valence-electron chi connectivity index (χ2n) is 2.95. The number of aliphatic hydroxyl groups is 1. The van der Waals surface area contributed by atoms with Gasteiger partial charge in [-0.3, -0.25) is 9.59 Å². The van der Waals surface area contributed by atoms with E-state index in [2.05, 4.69) is 0 Å². The van der Waals surface area contributed by atoms with Crippen molar-refractivity contribution >= 4 is 11.9 Å². The van der Waals surface area contributed by atoms with Crippen molar-refractivity contribution < 1.29 is 19.4 Å². The standard InChI is InChI=1S/C8H10N2O4/c1-5(11)14-6-4-7(12)10(3-2-9)8(6)13/h6,8,13H,3-4H2,1H3/t6-,8-/m1/s1. The molecule has 0 aromatic rings. The van der Waals surface area contributed by atoms with Crippen molar-refractivity contribution in [3.8, 4) is 6.07 Å². The van der Waals surface area contributed by atoms with Crippen LogP contribution in [-0.4, -0.2) is 40.8 Å². The monoisotopic (exact) mass is 198 g/mol. The van der Waals surface area contributed by atoms with E-state index in [-0.39, 0.29) is 18.9 Å². The molecule has 1 amide bonds. The number of ether oxygens (including phenoxy) is 1. The quantitative estimate of drug-likeness (QED) is 0.453. The molecule has 1 rings (SSSR count). The Morgan fingerprint density at radius 1 is 1.86 bits per heavy atom. The first-order chi connectivity index (χ1) is 6.56. The van der Waals surface area contributed by atoms with Crippen molar-refractivity contribution in [1.29, 1.82) is 5.26 Å². The number of rotatable bonds is 2. The van der Waals surface area contributed by atoms with E-state index in [1.54, 1.807) is 6.07 Å². The number of carbonyl (C=O) groups is 2. The lowest BCUT2D eigenvalue weighted by Gasteiger charge is -2.19. The zero-order valence-corrected chi connectivity index (χ0v) is 7.64. The fourth-order valence-electron chi connectivity index (χ4n) is 1.32. The molecule has 1 N–H and O–H groups in total. The number of hydrogen-bond donors (Lipinski definition) is 1. The van der Waals surface area contributed by atoms with Crippen molar-refractivity contribution in [1.82, 2.24) is 4.90 Å². The molecule has 0 spiro atoms. The van der Waals surface area contributed by atoms with Crippen molar-refractivity contribution in [3.05, 3.63) is 0 Å². The fourth-order valence-corrected chi connectivity index (χ4v) is 1.32. The number of carbonyl (C=O) groups excluding carboxylic acids is 2. The van der Waals surface area contributed by atoms with Crippen LogP contribution in [0.4, 0.5) is 0 Å². The van der Waals surface area contributed by atoms with E-state index in [1.165, 1.54) is 6.92 Å². The Morgan fingerprint density at radius 2 is 2.50 bits per heavy atom. The highest BCUT2D eigenvalue weighted by molar-refractivity contribution is 5.80. The zero-order chi connectivity index (χ0) is 10.7. The number of esters is 1. The molecule has 0 aliphatic carbocycles. The fraction of sp³-hybridized carbons (Fsp3) is 0.625. The summed E-state index contributed by atoms with van der Waals surface area (Å²) in [7, 11) is 0. The number of nitriles is 1. The molecule has 1 aliphatic heterocycles. The molecular weight excluding hydrogens is 188 g/mol. The Balaban J connectivity index is 2.64. The second kappa shape index (κ2) is 4.07. The third-order valence-electron chi connectivity index (χ3n) is 1.91. The topological polar surface area (TPSA) is 90.6 Å². The van der Waals surface area contributed by atoms with Crippen LogP contribution in [0.15, 0.2) is 0 Å². The predicted octanol–water partition coefficient (Wildman–Crippen LogP) is -1.01. The van der Waals surface area contributed by atoms with Gasteiger partial charge in [0.15, 0.2) is 12.3 Å². The van der Waals surface area contributed by atoms with E-state index in [0.29, 0.717) is 0 Å². The van der Waals surface area contributed by atoms with Gasteiger partial charge in [0, 0.05) is 6.92 Å². The normalized spacial score (nSPS) is 26.1. The minimum absolute atomic E-state index is 0.0670. The van der Waals surface area contributed by atoms with Crippen LogP contribution in [0, 0.1) is 11.3 Å². The van der Waals surface area contributed by atoms with E-state index >= 15 is 0 Å². The van der Waals surface area contributed by atoms with Gasteiger partial charge in [-0.25, -0.2) is 0 Å². The summed E-state index contributed by atoms with van der Waals surface area (Å²) in [5.74, 6) is -0.939. The van der Waals surface area contributed by atoms with Gasteiger partial charge in [0.2, 0.25) is 5.91 Å². The lowest BCUT2D eigenvalue weighted by Crippen LogP contribution is -2.38. The molecule has 1 fully saturated rings. The summed E-state index contributed by atoms with van der Waals surface area (Å²) in [6.45, 7) is 1.00. The summed E-state index contributed by atoms with van der Waals surface area (Å²) in [6.07, 6.45) is -2.12. The number of nitrogens with zero attached hydrogens (tertiary/aromatic N) is 2. The van der Waals surface area contributed by atoms with Gasteiger partial charge in [0.25, 0.3) is 0 Å². The van der Waals surface area contributed by atoms with Crippen LogP contribution in [0.2, 0.25) is 0 Å². The Kier molecular flexibility index (Phi) is 3.04. The number of likely N-dealkylation sites (tertiary alicyclic amines) is 1. The average molecular weight is 198 g/mol. The van der Waals surface area contributed by atoms with Crippen LogP contribution < -0.4 is 0 Å². The van der Waals surface area contributed by atoms with Gasteiger partial charge in [-0.05, 0) is 0 Å². The first kappa shape index (κ1) is 10.5. The first-order valence-corrected chi connectivity index (χ1v) is 4.08. The van der Waals surface area contributed by atoms with Gasteiger partial charge in [0.1, 0.15) is 6.54 Å². The van der Waals surface area contributed by atoms with Crippen molar-refractivity contribution in [2.45, 2.75) is 25.7 Å². The smallest absolute Gasteiger partial charge is 0.303 e. The highest BCUT2D eigenvalue weighted by Crippen LogP contribution is 2.19. The van der Waals surface area contributed by atoms with Gasteiger partial charge >= 0.3 is 5.97 Å². The van der Waals surface area contributed by atoms with Crippen LogP contribution in [0.1, 0.15) is 13.3 Å². The van der Waals surface area contributed by atoms with Crippen LogP contribution in [0.3, 0.4) is 0 Å². The number of amides is 1. The van der Waals surface area contributed by atoms with Gasteiger partial charge < -0.3 is 14.7 Å². The highest BCUT2D eigenvalue weighted by Gasteiger charge is 2.40. The lowest BCUT2D eigenvalue weighted by atomic mass is 10.3. The number of aliphatic hydroxyl groups excluding tert-OH is 1. The molecule has 14 heavy (non-hydrogen) atoms. The molecule has 0 radical (unpaired) electrons. The maximum absolute atomic E-state index is 11.2. The van der Waals surface area contributed by atoms with Crippen LogP contribution in [0.5, 0.6) is 0 Å². The molecular formula is C8H10N2O4. The first-order valence-electron chi connectivity index (χ1n) is 4.08. The van der Waals surface area contributed by atoms with E-state index in [4.69, 9.17) is 10.00 Å². The summed E-state index contributed by atoms with van der Waals surface area (Å²) in [5, 5.41) is 17.8. The minimum atomic E-state index is -1.20. The molecule has 0 aromatic heterocycles. The summed E-state index contributed by atoms with van der Waals surface area (Å²) in [6, 6.07) is 1.75. The summed E-state index contributed by atoms with van der Waals surface area (Å²) < 4.78 is 4.71. The molecule has 6 heteroatoms. The maximum Gasteiger partial charge on any atom is 0.303 e. The highest BCUT2D eigenvalue weighted by atomic mass is 16.6. The van der Waals surface area contributed by atoms with Crippen molar-refractivity contribution in [2.75, 3.05) is 6.54 Å². The molecule has 0 saturated carbocycles. The zero-order valence-electron chi connectivity index (χ0n) is 7.64. The summed E-state index contributed by atoms with van der Waals surface area (Å²) in [4.78, 5) is 22.8. The van der Waals surface area contributed by atoms with Gasteiger partial charge in [-0.15, -0.1) is 0 Å². The predicted molar refractivity (Wildman–Crippen MR) is 43.5 cm³/mol. The van der Waals surface area contributed by atoms with E-state index in [0.717, 1.165) is 4.90 Å². The number of hydrogen-bond acceptors (Lipinski definition) is 5. The molecule has 0 bridgehead atoms. The Labute approximate surface area is 80.7 Å². The molecule has 76 valence electrons. The van der Waals surface area contributed by atoms with Crippen molar-refractivity contribution in [3.63, 3.8) is 0 Å². The summed E-state index contributed by atoms with van der Waals surface area (Å²) >= 11 is 0. The SMILES string of the molecule is CC(=O)O[C@@H]1CC(=O)N(CC#N)[C@@H]1O. The van der Waals surface area contributed by atoms with E-state index < -0.39 is 18.3 Å². The van der Waals surface area contributed by atoms with Crippen LogP contribution in [0.25, 0.3) is 0 Å².